The van der Waals surface area contributed by atoms with Crippen molar-refractivity contribution in [3.63, 3.8) is 0 Å². The Balaban J connectivity index is 1.98. The van der Waals surface area contributed by atoms with Crippen molar-refractivity contribution in [1.29, 1.82) is 0 Å². The molecule has 0 unspecified atom stereocenters. The summed E-state index contributed by atoms with van der Waals surface area (Å²) in [4.78, 5) is 13.1. The van der Waals surface area contributed by atoms with Gasteiger partial charge in [-0.25, -0.2) is 4.98 Å². The number of aromatic nitrogens is 3. The number of halogens is 1. The van der Waals surface area contributed by atoms with Crippen LogP contribution in [0.5, 0.6) is 0 Å². The van der Waals surface area contributed by atoms with E-state index < -0.39 is 0 Å². The van der Waals surface area contributed by atoms with Crippen molar-refractivity contribution in [2.75, 3.05) is 23.8 Å². The summed E-state index contributed by atoms with van der Waals surface area (Å²) in [6, 6.07) is 11.6. The molecule has 3 rings (SSSR count). The molecular formula is C18H18BrN5O. The molecule has 0 radical (unpaired) electrons. The molecule has 1 aromatic carbocycles. The van der Waals surface area contributed by atoms with Crippen LogP contribution in [0.3, 0.4) is 0 Å². The lowest BCUT2D eigenvalue weighted by Crippen LogP contribution is -2.10. The molecule has 25 heavy (non-hydrogen) atoms. The molecule has 0 spiro atoms. The van der Waals surface area contributed by atoms with Gasteiger partial charge in [-0.15, -0.1) is 0 Å². The average molecular weight is 400 g/mol. The molecule has 2 aromatic heterocycles. The molecule has 7 heteroatoms. The number of pyridine rings is 1. The standard InChI is InChI=1S/C18H18BrN5O/c1-12-14(19)5-2-6-15(12)22-17-10-16(13-4-3-7-20-11-13)23-18(24-17)21-8-9-25/h2-7,10-11,25H,8-9H2,1H3,(H2,21,22,23,24). The second-order valence-electron chi connectivity index (χ2n) is 5.39. The molecule has 0 atom stereocenters. The molecule has 128 valence electrons. The first-order valence-electron chi connectivity index (χ1n) is 7.83. The highest BCUT2D eigenvalue weighted by Gasteiger charge is 2.09. The fourth-order valence-electron chi connectivity index (χ4n) is 2.30. The monoisotopic (exact) mass is 399 g/mol. The van der Waals surface area contributed by atoms with Gasteiger partial charge in [-0.05, 0) is 36.8 Å². The Hall–Kier alpha value is -2.51. The second kappa shape index (κ2) is 8.04. The lowest BCUT2D eigenvalue weighted by molar-refractivity contribution is 0.311. The van der Waals surface area contributed by atoms with Gasteiger partial charge in [0.1, 0.15) is 5.82 Å². The van der Waals surface area contributed by atoms with E-state index in [0.29, 0.717) is 18.3 Å². The third kappa shape index (κ3) is 4.32. The number of aliphatic hydroxyl groups is 1. The van der Waals surface area contributed by atoms with Crippen LogP contribution in [-0.2, 0) is 0 Å². The Morgan fingerprint density at radius 2 is 2.04 bits per heavy atom. The Morgan fingerprint density at radius 1 is 1.16 bits per heavy atom. The Kier molecular flexibility index (Phi) is 5.57. The summed E-state index contributed by atoms with van der Waals surface area (Å²) < 4.78 is 1.03. The summed E-state index contributed by atoms with van der Waals surface area (Å²) in [6.07, 6.45) is 3.48. The number of nitrogens with one attached hydrogen (secondary N) is 2. The predicted octanol–water partition coefficient (Wildman–Crippen LogP) is 3.76. The van der Waals surface area contributed by atoms with Gasteiger partial charge in [0.25, 0.3) is 0 Å². The van der Waals surface area contributed by atoms with E-state index in [-0.39, 0.29) is 6.61 Å². The fourth-order valence-corrected chi connectivity index (χ4v) is 2.67. The van der Waals surface area contributed by atoms with Gasteiger partial charge in [0.2, 0.25) is 5.95 Å². The molecule has 2 heterocycles. The van der Waals surface area contributed by atoms with Crippen molar-refractivity contribution < 1.29 is 5.11 Å². The van der Waals surface area contributed by atoms with Crippen molar-refractivity contribution in [2.24, 2.45) is 0 Å². The molecule has 0 fully saturated rings. The van der Waals surface area contributed by atoms with E-state index in [1.54, 1.807) is 12.4 Å². The zero-order valence-electron chi connectivity index (χ0n) is 13.7. The third-order valence-electron chi connectivity index (χ3n) is 3.61. The molecule has 0 amide bonds. The van der Waals surface area contributed by atoms with Crippen LogP contribution in [0.15, 0.2) is 53.3 Å². The van der Waals surface area contributed by atoms with E-state index in [1.807, 2.05) is 43.3 Å². The van der Waals surface area contributed by atoms with Gasteiger partial charge < -0.3 is 15.7 Å². The van der Waals surface area contributed by atoms with Crippen LogP contribution >= 0.6 is 15.9 Å². The van der Waals surface area contributed by atoms with Crippen molar-refractivity contribution in [3.05, 3.63) is 58.8 Å². The van der Waals surface area contributed by atoms with Crippen LogP contribution in [-0.4, -0.2) is 33.2 Å². The summed E-state index contributed by atoms with van der Waals surface area (Å²) in [5.41, 5.74) is 3.69. The van der Waals surface area contributed by atoms with Crippen molar-refractivity contribution >= 4 is 33.4 Å². The number of aliphatic hydroxyl groups excluding tert-OH is 1. The molecule has 3 aromatic rings. The number of hydrogen-bond acceptors (Lipinski definition) is 6. The van der Waals surface area contributed by atoms with Gasteiger partial charge in [-0.1, -0.05) is 22.0 Å². The highest BCUT2D eigenvalue weighted by molar-refractivity contribution is 9.10. The molecule has 0 saturated heterocycles. The molecule has 0 saturated carbocycles. The summed E-state index contributed by atoms with van der Waals surface area (Å²) >= 11 is 3.54. The quantitative estimate of drug-likeness (QED) is 0.585. The van der Waals surface area contributed by atoms with Gasteiger partial charge in [0.15, 0.2) is 0 Å². The Labute approximate surface area is 154 Å². The lowest BCUT2D eigenvalue weighted by atomic mass is 10.2. The largest absolute Gasteiger partial charge is 0.395 e. The number of nitrogens with zero attached hydrogens (tertiary/aromatic N) is 3. The molecular weight excluding hydrogens is 382 g/mol. The minimum atomic E-state index is 0.00792. The van der Waals surface area contributed by atoms with Crippen LogP contribution in [0.2, 0.25) is 0 Å². The van der Waals surface area contributed by atoms with E-state index in [2.05, 4.69) is 41.5 Å². The summed E-state index contributed by atoms with van der Waals surface area (Å²) in [5, 5.41) is 15.4. The lowest BCUT2D eigenvalue weighted by Gasteiger charge is -2.13. The molecule has 0 aliphatic carbocycles. The van der Waals surface area contributed by atoms with E-state index in [4.69, 9.17) is 5.11 Å². The average Bonchev–Trinajstić information content (AvgIpc) is 2.64. The number of hydrogen-bond donors (Lipinski definition) is 3. The Morgan fingerprint density at radius 3 is 2.80 bits per heavy atom. The maximum Gasteiger partial charge on any atom is 0.225 e. The van der Waals surface area contributed by atoms with E-state index in [0.717, 1.165) is 27.0 Å². The van der Waals surface area contributed by atoms with Crippen molar-refractivity contribution in [3.8, 4) is 11.3 Å². The normalized spacial score (nSPS) is 10.5. The van der Waals surface area contributed by atoms with Crippen LogP contribution in [0, 0.1) is 6.92 Å². The van der Waals surface area contributed by atoms with Crippen LogP contribution < -0.4 is 10.6 Å². The van der Waals surface area contributed by atoms with E-state index in [1.165, 1.54) is 0 Å². The minimum absolute atomic E-state index is 0.00792. The third-order valence-corrected chi connectivity index (χ3v) is 4.47. The first kappa shape index (κ1) is 17.3. The minimum Gasteiger partial charge on any atom is -0.395 e. The predicted molar refractivity (Wildman–Crippen MR) is 103 cm³/mol. The van der Waals surface area contributed by atoms with E-state index in [9.17, 15) is 0 Å². The summed E-state index contributed by atoms with van der Waals surface area (Å²) in [5.74, 6) is 1.11. The zero-order valence-corrected chi connectivity index (χ0v) is 15.3. The molecule has 3 N–H and O–H groups in total. The van der Waals surface area contributed by atoms with Crippen LogP contribution in [0.1, 0.15) is 5.56 Å². The zero-order chi connectivity index (χ0) is 17.6. The number of rotatable bonds is 6. The molecule has 6 nitrogen and oxygen atoms in total. The smallest absolute Gasteiger partial charge is 0.225 e. The van der Waals surface area contributed by atoms with E-state index >= 15 is 0 Å². The van der Waals surface area contributed by atoms with Crippen molar-refractivity contribution in [2.45, 2.75) is 6.92 Å². The first-order chi connectivity index (χ1) is 12.2. The van der Waals surface area contributed by atoms with Gasteiger partial charge in [0.05, 0.1) is 12.3 Å². The fraction of sp³-hybridized carbons (Fsp3) is 0.167. The summed E-state index contributed by atoms with van der Waals surface area (Å²) in [6.45, 7) is 2.42. The molecule has 0 bridgehead atoms. The topological polar surface area (TPSA) is 83.0 Å². The van der Waals surface area contributed by atoms with Gasteiger partial charge in [-0.2, -0.15) is 4.98 Å². The van der Waals surface area contributed by atoms with Crippen molar-refractivity contribution in [1.82, 2.24) is 15.0 Å². The number of anilines is 3. The summed E-state index contributed by atoms with van der Waals surface area (Å²) in [7, 11) is 0. The van der Waals surface area contributed by atoms with Crippen LogP contribution in [0.4, 0.5) is 17.5 Å². The second-order valence-corrected chi connectivity index (χ2v) is 6.25. The first-order valence-corrected chi connectivity index (χ1v) is 8.63. The maximum atomic E-state index is 9.04. The highest BCUT2D eigenvalue weighted by atomic mass is 79.9. The molecule has 0 aliphatic rings. The SMILES string of the molecule is Cc1c(Br)cccc1Nc1cc(-c2cccnc2)nc(NCCO)n1. The maximum absolute atomic E-state index is 9.04. The number of benzene rings is 1. The molecule has 0 aliphatic heterocycles. The van der Waals surface area contributed by atoms with Gasteiger partial charge in [-0.3, -0.25) is 4.98 Å². The highest BCUT2D eigenvalue weighted by Crippen LogP contribution is 2.28. The van der Waals surface area contributed by atoms with Crippen LogP contribution in [0.25, 0.3) is 11.3 Å². The van der Waals surface area contributed by atoms with Gasteiger partial charge in [0, 0.05) is 40.7 Å². The van der Waals surface area contributed by atoms with Gasteiger partial charge >= 0.3 is 0 Å². The Bertz CT molecular complexity index is 857.